The van der Waals surface area contributed by atoms with Gasteiger partial charge < -0.3 is 5.32 Å². The van der Waals surface area contributed by atoms with Gasteiger partial charge in [0, 0.05) is 16.6 Å². The third-order valence-corrected chi connectivity index (χ3v) is 3.57. The summed E-state index contributed by atoms with van der Waals surface area (Å²) in [6, 6.07) is 1.76. The Bertz CT molecular complexity index is 412. The van der Waals surface area contributed by atoms with Crippen LogP contribution in [-0.2, 0) is 4.79 Å². The third kappa shape index (κ3) is 4.58. The maximum atomic E-state index is 12.1. The molecule has 0 spiro atoms. The number of carbonyl (C=O) groups is 1. The van der Waals surface area contributed by atoms with Crippen molar-refractivity contribution in [3.05, 3.63) is 21.9 Å². The predicted molar refractivity (Wildman–Crippen MR) is 78.9 cm³/mol. The summed E-state index contributed by atoms with van der Waals surface area (Å²) in [5.74, 6) is 0.0627. The predicted octanol–water partition coefficient (Wildman–Crippen LogP) is 4.65. The summed E-state index contributed by atoms with van der Waals surface area (Å²) in [4.78, 5) is 16.1. The highest BCUT2D eigenvalue weighted by Gasteiger charge is 2.17. The summed E-state index contributed by atoms with van der Waals surface area (Å²) in [6.45, 7) is 4.15. The fourth-order valence-corrected chi connectivity index (χ4v) is 2.20. The van der Waals surface area contributed by atoms with Gasteiger partial charge in [0.15, 0.2) is 5.15 Å². The van der Waals surface area contributed by atoms with Gasteiger partial charge in [-0.3, -0.25) is 4.79 Å². The lowest BCUT2D eigenvalue weighted by Crippen LogP contribution is -2.22. The van der Waals surface area contributed by atoms with Crippen LogP contribution in [0.25, 0.3) is 0 Å². The molecule has 100 valence electrons. The van der Waals surface area contributed by atoms with Crippen LogP contribution in [0.2, 0.25) is 5.15 Å². The van der Waals surface area contributed by atoms with Gasteiger partial charge in [-0.15, -0.1) is 0 Å². The van der Waals surface area contributed by atoms with E-state index in [9.17, 15) is 4.79 Å². The van der Waals surface area contributed by atoms with Crippen molar-refractivity contribution < 1.29 is 4.79 Å². The zero-order valence-corrected chi connectivity index (χ0v) is 13.0. The van der Waals surface area contributed by atoms with Crippen molar-refractivity contribution in [1.82, 2.24) is 4.98 Å². The van der Waals surface area contributed by atoms with Crippen LogP contribution in [0, 0.1) is 5.92 Å². The molecule has 1 N–H and O–H groups in total. The average Bonchev–Trinajstić information content (AvgIpc) is 2.35. The van der Waals surface area contributed by atoms with Crippen LogP contribution in [0.15, 0.2) is 16.7 Å². The number of halogens is 2. The number of unbranched alkanes of at least 4 members (excludes halogenated alkanes) is 1. The zero-order chi connectivity index (χ0) is 13.5. The van der Waals surface area contributed by atoms with Crippen LogP contribution in [-0.4, -0.2) is 10.9 Å². The molecule has 1 aromatic heterocycles. The van der Waals surface area contributed by atoms with E-state index in [4.69, 9.17) is 11.6 Å². The molecule has 18 heavy (non-hydrogen) atoms. The maximum absolute atomic E-state index is 12.1. The molecule has 1 aromatic rings. The molecule has 0 fully saturated rings. The van der Waals surface area contributed by atoms with Crippen molar-refractivity contribution in [3.63, 3.8) is 0 Å². The highest BCUT2D eigenvalue weighted by molar-refractivity contribution is 9.10. The fourth-order valence-electron chi connectivity index (χ4n) is 1.72. The summed E-state index contributed by atoms with van der Waals surface area (Å²) in [5, 5.41) is 3.16. The van der Waals surface area contributed by atoms with Crippen LogP contribution in [0.3, 0.4) is 0 Å². The number of hydrogen-bond donors (Lipinski definition) is 1. The Balaban J connectivity index is 2.70. The Morgan fingerprint density at radius 1 is 1.56 bits per heavy atom. The SMILES string of the molecule is CCCCC(CC)C(=O)Nc1cc(Br)cnc1Cl. The summed E-state index contributed by atoms with van der Waals surface area (Å²) in [6.07, 6.45) is 5.52. The number of nitrogens with one attached hydrogen (secondary N) is 1. The normalized spacial score (nSPS) is 12.2. The van der Waals surface area contributed by atoms with Crippen molar-refractivity contribution in [2.24, 2.45) is 5.92 Å². The monoisotopic (exact) mass is 332 g/mol. The number of aromatic nitrogens is 1. The number of rotatable bonds is 6. The van der Waals surface area contributed by atoms with E-state index in [1.807, 2.05) is 6.92 Å². The van der Waals surface area contributed by atoms with Gasteiger partial charge in [0.25, 0.3) is 0 Å². The number of pyridine rings is 1. The highest BCUT2D eigenvalue weighted by Crippen LogP contribution is 2.24. The van der Waals surface area contributed by atoms with E-state index in [0.717, 1.165) is 30.2 Å². The summed E-state index contributed by atoms with van der Waals surface area (Å²) in [7, 11) is 0. The van der Waals surface area contributed by atoms with Crippen molar-refractivity contribution in [2.45, 2.75) is 39.5 Å². The molecule has 1 amide bonds. The molecule has 0 aliphatic heterocycles. The second kappa shape index (κ2) is 7.74. The van der Waals surface area contributed by atoms with E-state index in [2.05, 4.69) is 33.2 Å². The lowest BCUT2D eigenvalue weighted by molar-refractivity contribution is -0.120. The standard InChI is InChI=1S/C13H18BrClN2O/c1-3-5-6-9(4-2)13(18)17-11-7-10(14)8-16-12(11)15/h7-9H,3-6H2,1-2H3,(H,17,18). The molecule has 3 nitrogen and oxygen atoms in total. The third-order valence-electron chi connectivity index (χ3n) is 2.83. The van der Waals surface area contributed by atoms with Gasteiger partial charge in [0.05, 0.1) is 5.69 Å². The van der Waals surface area contributed by atoms with Gasteiger partial charge >= 0.3 is 0 Å². The van der Waals surface area contributed by atoms with Gasteiger partial charge in [-0.2, -0.15) is 0 Å². The van der Waals surface area contributed by atoms with Crippen molar-refractivity contribution in [2.75, 3.05) is 5.32 Å². The highest BCUT2D eigenvalue weighted by atomic mass is 79.9. The molecular formula is C13H18BrClN2O. The Labute approximate surface area is 121 Å². The second-order valence-electron chi connectivity index (χ2n) is 4.23. The molecule has 0 saturated heterocycles. The molecular weight excluding hydrogens is 316 g/mol. The van der Waals surface area contributed by atoms with E-state index >= 15 is 0 Å². The molecule has 1 atom stereocenters. The number of anilines is 1. The topological polar surface area (TPSA) is 42.0 Å². The number of hydrogen-bond acceptors (Lipinski definition) is 2. The lowest BCUT2D eigenvalue weighted by atomic mass is 9.98. The van der Waals surface area contributed by atoms with Gasteiger partial charge in [-0.1, -0.05) is 38.3 Å². The average molecular weight is 334 g/mol. The Kier molecular flexibility index (Phi) is 6.65. The maximum Gasteiger partial charge on any atom is 0.227 e. The lowest BCUT2D eigenvalue weighted by Gasteiger charge is -2.15. The number of amides is 1. The first-order valence-corrected chi connectivity index (χ1v) is 7.37. The second-order valence-corrected chi connectivity index (χ2v) is 5.50. The smallest absolute Gasteiger partial charge is 0.227 e. The van der Waals surface area contributed by atoms with E-state index < -0.39 is 0 Å². The number of carbonyl (C=O) groups excluding carboxylic acids is 1. The van der Waals surface area contributed by atoms with Gasteiger partial charge in [0.2, 0.25) is 5.91 Å². The molecule has 0 aliphatic carbocycles. The molecule has 1 rings (SSSR count). The molecule has 5 heteroatoms. The van der Waals surface area contributed by atoms with Crippen molar-refractivity contribution in [1.29, 1.82) is 0 Å². The summed E-state index contributed by atoms with van der Waals surface area (Å²) < 4.78 is 0.795. The first-order valence-electron chi connectivity index (χ1n) is 6.20. The minimum atomic E-state index is 0.0211. The van der Waals surface area contributed by atoms with E-state index in [1.54, 1.807) is 12.3 Å². The van der Waals surface area contributed by atoms with Gasteiger partial charge in [0.1, 0.15) is 0 Å². The molecule has 0 aromatic carbocycles. The zero-order valence-electron chi connectivity index (χ0n) is 10.7. The van der Waals surface area contributed by atoms with E-state index in [0.29, 0.717) is 10.8 Å². The summed E-state index contributed by atoms with van der Waals surface area (Å²) >= 11 is 9.26. The molecule has 1 heterocycles. The van der Waals surface area contributed by atoms with Crippen LogP contribution in [0.1, 0.15) is 39.5 Å². The molecule has 0 saturated carbocycles. The Morgan fingerprint density at radius 3 is 2.89 bits per heavy atom. The van der Waals surface area contributed by atoms with Crippen LogP contribution >= 0.6 is 27.5 Å². The first-order chi connectivity index (χ1) is 8.58. The van der Waals surface area contributed by atoms with Gasteiger partial charge in [-0.25, -0.2) is 4.98 Å². The van der Waals surface area contributed by atoms with Crippen LogP contribution < -0.4 is 5.32 Å². The number of nitrogens with zero attached hydrogens (tertiary/aromatic N) is 1. The fraction of sp³-hybridized carbons (Fsp3) is 0.538. The molecule has 0 radical (unpaired) electrons. The largest absolute Gasteiger partial charge is 0.323 e. The van der Waals surface area contributed by atoms with Crippen LogP contribution in [0.4, 0.5) is 5.69 Å². The molecule has 0 aliphatic rings. The van der Waals surface area contributed by atoms with E-state index in [-0.39, 0.29) is 11.8 Å². The van der Waals surface area contributed by atoms with Crippen molar-refractivity contribution in [3.8, 4) is 0 Å². The Hall–Kier alpha value is -0.610. The quantitative estimate of drug-likeness (QED) is 0.770. The molecule has 0 bridgehead atoms. The summed E-state index contributed by atoms with van der Waals surface area (Å²) in [5.41, 5.74) is 0.561. The van der Waals surface area contributed by atoms with Gasteiger partial charge in [-0.05, 0) is 34.8 Å². The van der Waals surface area contributed by atoms with Crippen molar-refractivity contribution >= 4 is 39.1 Å². The van der Waals surface area contributed by atoms with E-state index in [1.165, 1.54) is 0 Å². The molecule has 1 unspecified atom stereocenters. The minimum absolute atomic E-state index is 0.0211. The Morgan fingerprint density at radius 2 is 2.28 bits per heavy atom. The minimum Gasteiger partial charge on any atom is -0.323 e. The van der Waals surface area contributed by atoms with Crippen LogP contribution in [0.5, 0.6) is 0 Å². The first kappa shape index (κ1) is 15.4.